The summed E-state index contributed by atoms with van der Waals surface area (Å²) in [5.74, 6) is 0. The lowest BCUT2D eigenvalue weighted by Crippen LogP contribution is -2.61. The van der Waals surface area contributed by atoms with E-state index in [1.54, 1.807) is 0 Å². The molecule has 4 aromatic heterocycles. The van der Waals surface area contributed by atoms with E-state index in [1.807, 2.05) is 225 Å². The molecule has 0 radical (unpaired) electrons. The van der Waals surface area contributed by atoms with Gasteiger partial charge in [0.15, 0.2) is 0 Å². The summed E-state index contributed by atoms with van der Waals surface area (Å²) < 4.78 is 236. The standard InChI is InChI=1S/C94H63BN4O2/c1-94(2,3)60-54-85-89-86(55-60)99(91-64(59-28-8-5-9-29-59)37-23-39-72(91)76-43-25-41-74-70-35-15-21-49-88(70)101-93(74)76)84-57-62(97-81-46-18-12-32-67(81)68-33-13-19-47-82(68)97)51-53-78(84)95(89)77-52-50-61(96-79-44-16-10-30-65(79)66-31-11-17-45-80(66)96)56-83(77)98(85)90-63(58-26-6-4-7-27-58)36-22-38-71(90)75-42-24-40-73-69-34-14-20-48-87(69)100-92(73)75/h4-57H,1-3H3/i10D,11D,12D,13D,16D,17D,18D,19D,30D,31D,32D,33D,44D,45D,46D,47D,50D,51D,52D,53D,56D,57D. The molecule has 2 aliphatic heterocycles. The Morgan fingerprint density at radius 1 is 0.327 bits per heavy atom. The fourth-order valence-electron chi connectivity index (χ4n) is 15.6. The van der Waals surface area contributed by atoms with Gasteiger partial charge >= 0.3 is 0 Å². The average molecular weight is 1310 g/mol. The van der Waals surface area contributed by atoms with Crippen LogP contribution in [0.25, 0.3) is 143 Å². The molecule has 0 amide bonds. The predicted octanol–water partition coefficient (Wildman–Crippen LogP) is 23.7. The van der Waals surface area contributed by atoms with Gasteiger partial charge in [0.2, 0.25) is 0 Å². The maximum absolute atomic E-state index is 11.8. The van der Waals surface area contributed by atoms with Crippen molar-refractivity contribution in [2.24, 2.45) is 0 Å². The summed E-state index contributed by atoms with van der Waals surface area (Å²) in [6, 6.07) is 44.6. The van der Waals surface area contributed by atoms with Crippen LogP contribution in [0.1, 0.15) is 56.5 Å². The quantitative estimate of drug-likeness (QED) is 0.142. The van der Waals surface area contributed by atoms with Crippen LogP contribution in [0.4, 0.5) is 34.1 Å². The van der Waals surface area contributed by atoms with Gasteiger partial charge in [0.05, 0.1) is 63.6 Å². The van der Waals surface area contributed by atoms with Gasteiger partial charge in [-0.2, -0.15) is 0 Å². The molecule has 0 saturated heterocycles. The van der Waals surface area contributed by atoms with E-state index in [9.17, 15) is 24.7 Å². The first kappa shape index (κ1) is 39.5. The summed E-state index contributed by atoms with van der Waals surface area (Å²) in [5.41, 5.74) is 3.67. The van der Waals surface area contributed by atoms with Gasteiger partial charge < -0.3 is 27.8 Å². The maximum atomic E-state index is 11.8. The first-order valence-corrected chi connectivity index (χ1v) is 33.2. The number of aromatic nitrogens is 2. The molecule has 6 heterocycles. The Kier molecular flexibility index (Phi) is 8.55. The van der Waals surface area contributed by atoms with Crippen LogP contribution in [-0.4, -0.2) is 15.8 Å². The number of para-hydroxylation sites is 10. The average Bonchev–Trinajstić information content (AvgIpc) is 1.56. The highest BCUT2D eigenvalue weighted by Gasteiger charge is 2.46. The van der Waals surface area contributed by atoms with Crippen LogP contribution in [0.5, 0.6) is 0 Å². The van der Waals surface area contributed by atoms with Gasteiger partial charge in [-0.15, -0.1) is 0 Å². The third-order valence-corrected chi connectivity index (χ3v) is 20.0. The van der Waals surface area contributed by atoms with Gasteiger partial charge in [-0.3, -0.25) is 0 Å². The number of benzene rings is 15. The number of rotatable bonds is 8. The molecule has 0 N–H and O–H groups in total. The Labute approximate surface area is 615 Å². The summed E-state index contributed by atoms with van der Waals surface area (Å²) in [7, 11) is 0. The van der Waals surface area contributed by atoms with Crippen LogP contribution >= 0.6 is 0 Å². The van der Waals surface area contributed by atoms with Gasteiger partial charge in [-0.25, -0.2) is 0 Å². The number of hydrogen-bond donors (Lipinski definition) is 0. The van der Waals surface area contributed by atoms with Crippen LogP contribution in [0.3, 0.4) is 0 Å². The van der Waals surface area contributed by atoms with Crippen molar-refractivity contribution in [2.45, 2.75) is 26.2 Å². The Balaban J connectivity index is 1.02. The van der Waals surface area contributed by atoms with Crippen molar-refractivity contribution in [2.75, 3.05) is 9.80 Å². The molecule has 101 heavy (non-hydrogen) atoms. The molecule has 474 valence electrons. The summed E-state index contributed by atoms with van der Waals surface area (Å²) in [6.45, 7) is 4.31. The molecule has 21 rings (SSSR count). The van der Waals surface area contributed by atoms with Gasteiger partial charge in [-0.05, 0) is 111 Å². The Morgan fingerprint density at radius 3 is 1.10 bits per heavy atom. The molecule has 0 bridgehead atoms. The normalized spacial score (nSPS) is 15.9. The lowest BCUT2D eigenvalue weighted by Gasteiger charge is -2.46. The molecule has 19 aromatic rings. The van der Waals surface area contributed by atoms with Gasteiger partial charge in [0, 0.05) is 111 Å². The van der Waals surface area contributed by atoms with Gasteiger partial charge in [-0.1, -0.05) is 275 Å². The third kappa shape index (κ3) is 8.47. The monoisotopic (exact) mass is 1310 g/mol. The smallest absolute Gasteiger partial charge is 0.252 e. The molecule has 6 nitrogen and oxygen atoms in total. The Hall–Kier alpha value is -12.8. The van der Waals surface area contributed by atoms with E-state index in [-0.39, 0.29) is 60.7 Å². The highest BCUT2D eigenvalue weighted by molar-refractivity contribution is 7.00. The number of furan rings is 2. The summed E-state index contributed by atoms with van der Waals surface area (Å²) in [6.07, 6.45) is 0. The molecule has 7 heteroatoms. The lowest BCUT2D eigenvalue weighted by atomic mass is 9.33. The number of nitrogens with zero attached hydrogens (tertiary/aromatic N) is 4. The third-order valence-electron chi connectivity index (χ3n) is 20.0. The summed E-state index contributed by atoms with van der Waals surface area (Å²) >= 11 is 0. The van der Waals surface area contributed by atoms with Crippen molar-refractivity contribution in [3.8, 4) is 55.9 Å². The first-order valence-electron chi connectivity index (χ1n) is 44.2. The summed E-state index contributed by atoms with van der Waals surface area (Å²) in [5, 5.41) is 1.59. The minimum absolute atomic E-state index is 0.198. The Bertz CT molecular complexity index is 7440. The second-order valence-corrected chi connectivity index (χ2v) is 26.5. The summed E-state index contributed by atoms with van der Waals surface area (Å²) in [4.78, 5) is 3.67. The minimum atomic E-state index is -1.69. The van der Waals surface area contributed by atoms with Crippen molar-refractivity contribution in [1.82, 2.24) is 9.13 Å². The second kappa shape index (κ2) is 21.8. The fraction of sp³-hybridized carbons (Fsp3) is 0.0426. The van der Waals surface area contributed by atoms with E-state index < -0.39 is 179 Å². The van der Waals surface area contributed by atoms with Crippen molar-refractivity contribution in [3.05, 3.63) is 333 Å². The number of fused-ring (bicyclic) bond motifs is 16. The minimum Gasteiger partial charge on any atom is -0.455 e. The van der Waals surface area contributed by atoms with Crippen molar-refractivity contribution in [1.29, 1.82) is 0 Å². The predicted molar refractivity (Wildman–Crippen MR) is 424 cm³/mol. The van der Waals surface area contributed by atoms with Gasteiger partial charge in [0.1, 0.15) is 22.3 Å². The molecule has 0 spiro atoms. The molecular formula is C94H63BN4O2. The van der Waals surface area contributed by atoms with Crippen LogP contribution < -0.4 is 26.2 Å². The van der Waals surface area contributed by atoms with E-state index in [2.05, 4.69) is 0 Å². The van der Waals surface area contributed by atoms with Crippen LogP contribution in [-0.2, 0) is 5.41 Å². The van der Waals surface area contributed by atoms with E-state index >= 15 is 0 Å². The molecule has 0 saturated carbocycles. The molecule has 0 aliphatic carbocycles. The van der Waals surface area contributed by atoms with E-state index in [1.165, 1.54) is 0 Å². The van der Waals surface area contributed by atoms with E-state index in [4.69, 9.17) is 14.3 Å². The highest BCUT2D eigenvalue weighted by Crippen LogP contribution is 2.56. The van der Waals surface area contributed by atoms with Crippen LogP contribution in [0.2, 0.25) is 0 Å². The molecule has 0 fully saturated rings. The Morgan fingerprint density at radius 2 is 0.683 bits per heavy atom. The van der Waals surface area contributed by atoms with E-state index in [0.29, 0.717) is 83.8 Å². The molecule has 0 atom stereocenters. The lowest BCUT2D eigenvalue weighted by molar-refractivity contribution is 0.590. The molecule has 2 aliphatic rings. The van der Waals surface area contributed by atoms with E-state index in [0.717, 1.165) is 30.7 Å². The molecule has 0 unspecified atom stereocenters. The SMILES string of the molecule is [2H]c1c([2H])c(-n2c3c([2H])c([2H])c([2H])c([2H])c3c3c([2H])c([2H])c([2H])c([2H])c32)c([2H])c2c1B1c3c(cc(C(C)(C)C)cc3N(c3c(-c4ccccc4)cccc3-c3cccc4c3oc3ccccc34)c3c([2H])c(-n4c5c([2H])c([2H])c([2H])c([2H])c5c5c([2H])c([2H])c([2H])c([2H])c54)c([2H])c([2H])c31)N2c1c(-c2ccccc2)cccc1-c1cccc2c1oc1ccccc12. The number of hydrogen-bond acceptors (Lipinski definition) is 4. The molecular weight excluding hydrogens is 1230 g/mol. The van der Waals surface area contributed by atoms with Crippen molar-refractivity contribution >= 4 is 145 Å². The zero-order valence-corrected chi connectivity index (χ0v) is 54.2. The topological polar surface area (TPSA) is 42.6 Å². The van der Waals surface area contributed by atoms with Gasteiger partial charge in [0.25, 0.3) is 6.71 Å². The first-order chi connectivity index (χ1) is 59.0. The second-order valence-electron chi connectivity index (χ2n) is 26.5. The van der Waals surface area contributed by atoms with Crippen molar-refractivity contribution in [3.63, 3.8) is 0 Å². The maximum Gasteiger partial charge on any atom is 0.252 e. The zero-order chi connectivity index (χ0) is 85.9. The van der Waals surface area contributed by atoms with Crippen LogP contribution in [0, 0.1) is 0 Å². The zero-order valence-electron chi connectivity index (χ0n) is 76.2. The highest BCUT2D eigenvalue weighted by atomic mass is 16.3. The molecule has 15 aromatic carbocycles. The van der Waals surface area contributed by atoms with Crippen LogP contribution in [0.15, 0.2) is 336 Å². The fourth-order valence-corrected chi connectivity index (χ4v) is 15.6. The van der Waals surface area contributed by atoms with Crippen molar-refractivity contribution < 1.29 is 39.0 Å². The number of anilines is 6. The largest absolute Gasteiger partial charge is 0.455 e.